The number of thiazole rings is 1. The number of nitrogens with zero attached hydrogens (tertiary/aromatic N) is 5. The molecule has 0 saturated carbocycles. The lowest BCUT2D eigenvalue weighted by Gasteiger charge is -2.12. The van der Waals surface area contributed by atoms with Crippen LogP contribution < -0.4 is 15.4 Å². The summed E-state index contributed by atoms with van der Waals surface area (Å²) in [4.78, 5) is 10.5. The van der Waals surface area contributed by atoms with Crippen molar-refractivity contribution in [3.8, 4) is 5.75 Å². The Hall–Kier alpha value is -2.94. The molecule has 160 valence electrons. The van der Waals surface area contributed by atoms with E-state index >= 15 is 0 Å². The number of hydrogen-bond donors (Lipinski definition) is 2. The molecule has 0 atom stereocenters. The van der Waals surface area contributed by atoms with Gasteiger partial charge in [-0.1, -0.05) is 19.1 Å². The number of rotatable bonds is 9. The van der Waals surface area contributed by atoms with Gasteiger partial charge in [0.15, 0.2) is 11.8 Å². The molecule has 0 aliphatic carbocycles. The van der Waals surface area contributed by atoms with Crippen molar-refractivity contribution in [3.05, 3.63) is 57.6 Å². The molecule has 9 heteroatoms. The standard InChI is InChI=1S/C21H29N7OS/c1-5-18-13-23-20(30-18)10-11-22-21(25-14-19-27-26-15(2)28(19)3)24-12-16-6-8-17(29-4)9-7-16/h6-9,13H,5,10-12,14H2,1-4H3,(H2,22,24,25). The lowest BCUT2D eigenvalue weighted by Crippen LogP contribution is -2.38. The Morgan fingerprint density at radius 2 is 2.00 bits per heavy atom. The second-order valence-corrected chi connectivity index (χ2v) is 8.04. The van der Waals surface area contributed by atoms with Gasteiger partial charge >= 0.3 is 0 Å². The van der Waals surface area contributed by atoms with Crippen molar-refractivity contribution in [2.75, 3.05) is 13.7 Å². The molecule has 1 aromatic carbocycles. The van der Waals surface area contributed by atoms with E-state index in [1.807, 2.05) is 49.0 Å². The molecule has 0 fully saturated rings. The Bertz CT molecular complexity index is 962. The Kier molecular flexibility index (Phi) is 7.78. The van der Waals surface area contributed by atoms with Crippen LogP contribution in [-0.2, 0) is 33.0 Å². The van der Waals surface area contributed by atoms with E-state index in [4.69, 9.17) is 9.73 Å². The number of benzene rings is 1. The Balaban J connectivity index is 1.62. The normalized spacial score (nSPS) is 11.5. The predicted octanol–water partition coefficient (Wildman–Crippen LogP) is 2.63. The number of aliphatic imine (C=N–C) groups is 1. The third-order valence-electron chi connectivity index (χ3n) is 4.76. The molecular weight excluding hydrogens is 398 g/mol. The Labute approximate surface area is 181 Å². The molecular formula is C21H29N7OS. The van der Waals surface area contributed by atoms with Crippen molar-refractivity contribution in [1.29, 1.82) is 0 Å². The molecule has 2 aromatic heterocycles. The summed E-state index contributed by atoms with van der Waals surface area (Å²) in [5, 5.41) is 16.2. The zero-order chi connectivity index (χ0) is 21.3. The van der Waals surface area contributed by atoms with Crippen molar-refractivity contribution < 1.29 is 4.74 Å². The van der Waals surface area contributed by atoms with E-state index in [1.54, 1.807) is 18.4 Å². The number of aromatic nitrogens is 4. The van der Waals surface area contributed by atoms with E-state index in [-0.39, 0.29) is 0 Å². The van der Waals surface area contributed by atoms with Crippen molar-refractivity contribution in [3.63, 3.8) is 0 Å². The third-order valence-corrected chi connectivity index (χ3v) is 5.96. The van der Waals surface area contributed by atoms with Crippen LogP contribution in [0.4, 0.5) is 0 Å². The minimum atomic E-state index is 0.545. The quantitative estimate of drug-likeness (QED) is 0.403. The zero-order valence-electron chi connectivity index (χ0n) is 18.0. The van der Waals surface area contributed by atoms with Crippen LogP contribution in [0.2, 0.25) is 0 Å². The van der Waals surface area contributed by atoms with Gasteiger partial charge < -0.3 is 19.9 Å². The van der Waals surface area contributed by atoms with Gasteiger partial charge in [0.1, 0.15) is 11.6 Å². The van der Waals surface area contributed by atoms with Gasteiger partial charge in [-0.2, -0.15) is 0 Å². The first-order chi connectivity index (χ1) is 14.6. The average Bonchev–Trinajstić information content (AvgIpc) is 3.36. The van der Waals surface area contributed by atoms with Crippen molar-refractivity contribution in [1.82, 2.24) is 30.4 Å². The smallest absolute Gasteiger partial charge is 0.191 e. The summed E-state index contributed by atoms with van der Waals surface area (Å²) in [6, 6.07) is 7.94. The molecule has 2 heterocycles. The highest BCUT2D eigenvalue weighted by molar-refractivity contribution is 7.11. The van der Waals surface area contributed by atoms with Crippen LogP contribution in [0, 0.1) is 6.92 Å². The van der Waals surface area contributed by atoms with E-state index < -0.39 is 0 Å². The van der Waals surface area contributed by atoms with E-state index in [0.29, 0.717) is 13.1 Å². The molecule has 3 rings (SSSR count). The maximum absolute atomic E-state index is 5.22. The minimum Gasteiger partial charge on any atom is -0.497 e. The minimum absolute atomic E-state index is 0.545. The molecule has 0 unspecified atom stereocenters. The predicted molar refractivity (Wildman–Crippen MR) is 120 cm³/mol. The van der Waals surface area contributed by atoms with E-state index in [9.17, 15) is 0 Å². The number of nitrogens with one attached hydrogen (secondary N) is 2. The second kappa shape index (κ2) is 10.7. The van der Waals surface area contributed by atoms with Gasteiger partial charge in [0, 0.05) is 31.1 Å². The van der Waals surface area contributed by atoms with Crippen LogP contribution in [0.15, 0.2) is 35.5 Å². The summed E-state index contributed by atoms with van der Waals surface area (Å²) < 4.78 is 7.19. The van der Waals surface area contributed by atoms with Gasteiger partial charge in [-0.3, -0.25) is 0 Å². The van der Waals surface area contributed by atoms with Crippen molar-refractivity contribution in [2.45, 2.75) is 39.8 Å². The number of methoxy groups -OCH3 is 1. The molecule has 0 spiro atoms. The average molecular weight is 428 g/mol. The molecule has 0 aliphatic rings. The van der Waals surface area contributed by atoms with Gasteiger partial charge in [0.25, 0.3) is 0 Å². The van der Waals surface area contributed by atoms with E-state index in [0.717, 1.165) is 53.3 Å². The first-order valence-corrected chi connectivity index (χ1v) is 10.8. The Morgan fingerprint density at radius 1 is 1.20 bits per heavy atom. The summed E-state index contributed by atoms with van der Waals surface area (Å²) in [7, 11) is 3.63. The number of ether oxygens (including phenoxy) is 1. The lowest BCUT2D eigenvalue weighted by atomic mass is 10.2. The molecule has 0 radical (unpaired) electrons. The van der Waals surface area contributed by atoms with E-state index in [1.165, 1.54) is 4.88 Å². The number of guanidine groups is 1. The van der Waals surface area contributed by atoms with Crippen LogP contribution in [0.1, 0.15) is 34.0 Å². The van der Waals surface area contributed by atoms with Gasteiger partial charge in [-0.25, -0.2) is 9.98 Å². The van der Waals surface area contributed by atoms with Crippen LogP contribution >= 0.6 is 11.3 Å². The van der Waals surface area contributed by atoms with Gasteiger partial charge in [0.05, 0.1) is 25.2 Å². The second-order valence-electron chi connectivity index (χ2n) is 6.84. The van der Waals surface area contributed by atoms with Crippen LogP contribution in [0.3, 0.4) is 0 Å². The Morgan fingerprint density at radius 3 is 2.63 bits per heavy atom. The summed E-state index contributed by atoms with van der Waals surface area (Å²) in [5.41, 5.74) is 1.11. The van der Waals surface area contributed by atoms with Crippen molar-refractivity contribution in [2.24, 2.45) is 12.0 Å². The fourth-order valence-electron chi connectivity index (χ4n) is 2.76. The summed E-state index contributed by atoms with van der Waals surface area (Å²) in [6.45, 7) is 5.95. The van der Waals surface area contributed by atoms with Crippen LogP contribution in [-0.4, -0.2) is 39.4 Å². The lowest BCUT2D eigenvalue weighted by molar-refractivity contribution is 0.414. The molecule has 30 heavy (non-hydrogen) atoms. The molecule has 0 saturated heterocycles. The monoisotopic (exact) mass is 427 g/mol. The first kappa shape index (κ1) is 21.8. The van der Waals surface area contributed by atoms with Crippen molar-refractivity contribution >= 4 is 17.3 Å². The molecule has 8 nitrogen and oxygen atoms in total. The summed E-state index contributed by atoms with van der Waals surface area (Å²) >= 11 is 1.77. The summed E-state index contributed by atoms with van der Waals surface area (Å²) in [6.07, 6.45) is 3.85. The maximum atomic E-state index is 5.22. The fraction of sp³-hybridized carbons (Fsp3) is 0.429. The highest BCUT2D eigenvalue weighted by Crippen LogP contribution is 2.13. The molecule has 0 bridgehead atoms. The molecule has 2 N–H and O–H groups in total. The van der Waals surface area contributed by atoms with Crippen LogP contribution in [0.25, 0.3) is 0 Å². The topological polar surface area (TPSA) is 89.2 Å². The van der Waals surface area contributed by atoms with E-state index in [2.05, 4.69) is 32.7 Å². The zero-order valence-corrected chi connectivity index (χ0v) is 18.8. The SMILES string of the molecule is CCc1cnc(CCNC(=NCc2ccc(OC)cc2)NCc2nnc(C)n2C)s1. The largest absolute Gasteiger partial charge is 0.497 e. The molecule has 3 aromatic rings. The highest BCUT2D eigenvalue weighted by atomic mass is 32.1. The summed E-state index contributed by atoms with van der Waals surface area (Å²) in [5.74, 6) is 3.32. The molecule has 0 amide bonds. The van der Waals surface area contributed by atoms with Crippen LogP contribution in [0.5, 0.6) is 5.75 Å². The first-order valence-electron chi connectivity index (χ1n) is 10.0. The fourth-order valence-corrected chi connectivity index (χ4v) is 3.62. The number of aryl methyl sites for hydroxylation is 2. The third kappa shape index (κ3) is 6.03. The van der Waals surface area contributed by atoms with Gasteiger partial charge in [0.2, 0.25) is 0 Å². The maximum Gasteiger partial charge on any atom is 0.191 e. The molecule has 0 aliphatic heterocycles. The van der Waals surface area contributed by atoms with Gasteiger partial charge in [-0.15, -0.1) is 21.5 Å². The number of hydrogen-bond acceptors (Lipinski definition) is 6. The highest BCUT2D eigenvalue weighted by Gasteiger charge is 2.07. The van der Waals surface area contributed by atoms with Gasteiger partial charge in [-0.05, 0) is 31.0 Å².